The highest BCUT2D eigenvalue weighted by atomic mass is 127. The largest absolute Gasteiger partial charge is 0.495 e. The second-order valence-corrected chi connectivity index (χ2v) is 6.84. The van der Waals surface area contributed by atoms with Crippen LogP contribution in [0.2, 0.25) is 0 Å². The first-order chi connectivity index (χ1) is 14.0. The Morgan fingerprint density at radius 3 is 2.43 bits per heavy atom. The third-order valence-electron chi connectivity index (χ3n) is 4.79. The van der Waals surface area contributed by atoms with Gasteiger partial charge in [0.25, 0.3) is 0 Å². The lowest BCUT2D eigenvalue weighted by atomic mass is 10.2. The predicted molar refractivity (Wildman–Crippen MR) is 128 cm³/mol. The molecule has 0 bridgehead atoms. The van der Waals surface area contributed by atoms with Crippen molar-refractivity contribution in [2.75, 3.05) is 43.5 Å². The summed E-state index contributed by atoms with van der Waals surface area (Å²) in [5.41, 5.74) is 8.72. The molecule has 1 fully saturated rings. The number of nitrogens with one attached hydrogen (secondary N) is 1. The second kappa shape index (κ2) is 11.0. The first-order valence-corrected chi connectivity index (χ1v) is 9.46. The van der Waals surface area contributed by atoms with E-state index in [0.29, 0.717) is 23.9 Å². The molecule has 0 unspecified atom stereocenters. The van der Waals surface area contributed by atoms with Gasteiger partial charge in [-0.15, -0.1) is 24.0 Å². The number of hydrogen-bond acceptors (Lipinski definition) is 4. The fourth-order valence-electron chi connectivity index (χ4n) is 3.26. The molecular weight excluding hydrogens is 500 g/mol. The van der Waals surface area contributed by atoms with Gasteiger partial charge in [-0.25, -0.2) is 9.38 Å². The summed E-state index contributed by atoms with van der Waals surface area (Å²) in [4.78, 5) is 20.1. The van der Waals surface area contributed by atoms with Crippen LogP contribution < -0.4 is 20.7 Å². The molecule has 0 atom stereocenters. The maximum atomic E-state index is 13.1. The Morgan fingerprint density at radius 1 is 1.17 bits per heavy atom. The predicted octanol–water partition coefficient (Wildman–Crippen LogP) is 3.05. The minimum Gasteiger partial charge on any atom is -0.495 e. The fourth-order valence-corrected chi connectivity index (χ4v) is 3.26. The number of nitrogens with two attached hydrogens (primary N) is 1. The van der Waals surface area contributed by atoms with Crippen LogP contribution in [0.5, 0.6) is 5.75 Å². The lowest BCUT2D eigenvalue weighted by molar-refractivity contribution is -0.114. The average molecular weight is 527 g/mol. The molecule has 0 aliphatic carbocycles. The van der Waals surface area contributed by atoms with Crippen LogP contribution in [0.4, 0.5) is 15.8 Å². The number of carbonyl (C=O) groups excluding carboxylic acids is 1. The van der Waals surface area contributed by atoms with Crippen molar-refractivity contribution < 1.29 is 13.9 Å². The Bertz CT molecular complexity index is 883. The summed E-state index contributed by atoms with van der Waals surface area (Å²) in [7, 11) is 1.56. The van der Waals surface area contributed by atoms with E-state index in [1.54, 1.807) is 25.3 Å². The molecule has 2 aromatic rings. The van der Waals surface area contributed by atoms with Crippen molar-refractivity contribution >= 4 is 47.2 Å². The molecule has 0 radical (unpaired) electrons. The van der Waals surface area contributed by atoms with Crippen LogP contribution in [0.15, 0.2) is 47.5 Å². The summed E-state index contributed by atoms with van der Waals surface area (Å²) in [5.74, 6) is 0.685. The standard InChI is InChI=1S/C21H26FN5O2.HI/c1-15(28)25-19-13-16(3-8-20(19)29-2)14-24-21(23)27-11-9-26(10-12-27)18-6-4-17(22)5-7-18;/h3-8,13H,9-12,14H2,1-2H3,(H2,23,24)(H,25,28);1H. The molecule has 1 aliphatic heterocycles. The second-order valence-electron chi connectivity index (χ2n) is 6.84. The van der Waals surface area contributed by atoms with Crippen molar-refractivity contribution in [1.29, 1.82) is 0 Å². The SMILES string of the molecule is COc1ccc(CN=C(N)N2CCN(c3ccc(F)cc3)CC2)cc1NC(C)=O.I. The van der Waals surface area contributed by atoms with Crippen LogP contribution in [0.25, 0.3) is 0 Å². The van der Waals surface area contributed by atoms with Gasteiger partial charge in [0.2, 0.25) is 5.91 Å². The first kappa shape index (κ1) is 23.7. The van der Waals surface area contributed by atoms with E-state index in [4.69, 9.17) is 10.5 Å². The van der Waals surface area contributed by atoms with E-state index in [9.17, 15) is 9.18 Å². The van der Waals surface area contributed by atoms with Crippen LogP contribution in [0.3, 0.4) is 0 Å². The molecule has 3 N–H and O–H groups in total. The van der Waals surface area contributed by atoms with E-state index in [0.717, 1.165) is 37.4 Å². The molecule has 9 heteroatoms. The maximum Gasteiger partial charge on any atom is 0.221 e. The Labute approximate surface area is 193 Å². The molecule has 162 valence electrons. The molecular formula is C21H27FIN5O2. The van der Waals surface area contributed by atoms with Crippen LogP contribution >= 0.6 is 24.0 Å². The molecule has 2 aromatic carbocycles. The van der Waals surface area contributed by atoms with Gasteiger partial charge in [-0.05, 0) is 42.0 Å². The van der Waals surface area contributed by atoms with E-state index in [1.807, 2.05) is 17.0 Å². The Kier molecular flexibility index (Phi) is 8.70. The zero-order valence-electron chi connectivity index (χ0n) is 17.1. The van der Waals surface area contributed by atoms with Gasteiger partial charge in [0.1, 0.15) is 11.6 Å². The van der Waals surface area contributed by atoms with Gasteiger partial charge in [0.15, 0.2) is 5.96 Å². The fraction of sp³-hybridized carbons (Fsp3) is 0.333. The summed E-state index contributed by atoms with van der Waals surface area (Å²) in [6.07, 6.45) is 0. The van der Waals surface area contributed by atoms with Gasteiger partial charge in [0, 0.05) is 38.8 Å². The number of piperazine rings is 1. The molecule has 1 amide bonds. The summed E-state index contributed by atoms with van der Waals surface area (Å²) in [5, 5.41) is 2.76. The number of hydrogen-bond donors (Lipinski definition) is 2. The minimum absolute atomic E-state index is 0. The Morgan fingerprint density at radius 2 is 1.83 bits per heavy atom. The van der Waals surface area contributed by atoms with Crippen molar-refractivity contribution in [3.8, 4) is 5.75 Å². The van der Waals surface area contributed by atoms with Gasteiger partial charge in [-0.2, -0.15) is 0 Å². The van der Waals surface area contributed by atoms with E-state index in [2.05, 4.69) is 15.2 Å². The van der Waals surface area contributed by atoms with Crippen molar-refractivity contribution in [3.05, 3.63) is 53.8 Å². The van der Waals surface area contributed by atoms with E-state index >= 15 is 0 Å². The molecule has 30 heavy (non-hydrogen) atoms. The highest BCUT2D eigenvalue weighted by Crippen LogP contribution is 2.26. The van der Waals surface area contributed by atoms with Gasteiger partial charge in [-0.1, -0.05) is 6.07 Å². The number of aliphatic imine (C=N–C) groups is 1. The summed E-state index contributed by atoms with van der Waals surface area (Å²) in [6.45, 7) is 4.92. The normalized spacial score (nSPS) is 14.2. The zero-order valence-corrected chi connectivity index (χ0v) is 19.4. The number of amides is 1. The minimum atomic E-state index is -0.232. The van der Waals surface area contributed by atoms with Crippen molar-refractivity contribution in [3.63, 3.8) is 0 Å². The van der Waals surface area contributed by atoms with E-state index < -0.39 is 0 Å². The molecule has 0 aromatic heterocycles. The number of rotatable bonds is 5. The van der Waals surface area contributed by atoms with Crippen LogP contribution in [0.1, 0.15) is 12.5 Å². The van der Waals surface area contributed by atoms with Gasteiger partial charge >= 0.3 is 0 Å². The van der Waals surface area contributed by atoms with Gasteiger partial charge in [0.05, 0.1) is 19.3 Å². The Hall–Kier alpha value is -2.56. The van der Waals surface area contributed by atoms with Crippen LogP contribution in [-0.4, -0.2) is 50.1 Å². The summed E-state index contributed by atoms with van der Waals surface area (Å²) >= 11 is 0. The number of nitrogens with zero attached hydrogens (tertiary/aromatic N) is 3. The van der Waals surface area contributed by atoms with E-state index in [-0.39, 0.29) is 35.7 Å². The number of halogens is 2. The lowest BCUT2D eigenvalue weighted by Crippen LogP contribution is -2.51. The third-order valence-corrected chi connectivity index (χ3v) is 4.79. The maximum absolute atomic E-state index is 13.1. The van der Waals surface area contributed by atoms with Gasteiger partial charge < -0.3 is 25.6 Å². The highest BCUT2D eigenvalue weighted by Gasteiger charge is 2.18. The number of benzene rings is 2. The lowest BCUT2D eigenvalue weighted by Gasteiger charge is -2.36. The first-order valence-electron chi connectivity index (χ1n) is 9.46. The number of ether oxygens (including phenoxy) is 1. The molecule has 0 saturated carbocycles. The summed E-state index contributed by atoms with van der Waals surface area (Å²) in [6, 6.07) is 12.1. The number of anilines is 2. The van der Waals surface area contributed by atoms with Crippen LogP contribution in [-0.2, 0) is 11.3 Å². The number of guanidine groups is 1. The number of methoxy groups -OCH3 is 1. The topological polar surface area (TPSA) is 83.2 Å². The zero-order chi connectivity index (χ0) is 20.8. The van der Waals surface area contributed by atoms with Crippen molar-refractivity contribution in [2.24, 2.45) is 10.7 Å². The number of carbonyl (C=O) groups is 1. The molecule has 1 aliphatic rings. The third kappa shape index (κ3) is 6.22. The average Bonchev–Trinajstić information content (AvgIpc) is 2.72. The summed E-state index contributed by atoms with van der Waals surface area (Å²) < 4.78 is 18.4. The quantitative estimate of drug-likeness (QED) is 0.355. The van der Waals surface area contributed by atoms with Crippen molar-refractivity contribution in [2.45, 2.75) is 13.5 Å². The van der Waals surface area contributed by atoms with Crippen molar-refractivity contribution in [1.82, 2.24) is 4.90 Å². The molecule has 7 nitrogen and oxygen atoms in total. The monoisotopic (exact) mass is 527 g/mol. The smallest absolute Gasteiger partial charge is 0.221 e. The molecule has 1 heterocycles. The van der Waals surface area contributed by atoms with E-state index in [1.165, 1.54) is 19.1 Å². The van der Waals surface area contributed by atoms with Crippen LogP contribution in [0, 0.1) is 5.82 Å². The molecule has 1 saturated heterocycles. The molecule has 3 rings (SSSR count). The Balaban J connectivity index is 0.00000320. The van der Waals surface area contributed by atoms with Gasteiger partial charge in [-0.3, -0.25) is 4.79 Å². The highest BCUT2D eigenvalue weighted by molar-refractivity contribution is 14.0. The molecule has 0 spiro atoms.